The van der Waals surface area contributed by atoms with Gasteiger partial charge in [0.1, 0.15) is 11.9 Å². The minimum absolute atomic E-state index is 0.00799. The van der Waals surface area contributed by atoms with Crippen molar-refractivity contribution in [3.05, 3.63) is 59.9 Å². The maximum Gasteiger partial charge on any atom is 0.151 e. The summed E-state index contributed by atoms with van der Waals surface area (Å²) in [6.07, 6.45) is 1.66. The van der Waals surface area contributed by atoms with E-state index in [4.69, 9.17) is 9.47 Å². The average molecular weight is 312 g/mol. The van der Waals surface area contributed by atoms with Crippen LogP contribution >= 0.6 is 0 Å². The van der Waals surface area contributed by atoms with Crippen LogP contribution < -0.4 is 10.1 Å². The maximum atomic E-state index is 6.40. The van der Waals surface area contributed by atoms with Crippen LogP contribution in [-0.2, 0) is 4.74 Å². The zero-order valence-corrected chi connectivity index (χ0v) is 13.7. The van der Waals surface area contributed by atoms with Gasteiger partial charge >= 0.3 is 0 Å². The molecule has 0 radical (unpaired) electrons. The van der Waals surface area contributed by atoms with Crippen LogP contribution in [0.2, 0.25) is 0 Å². The van der Waals surface area contributed by atoms with Crippen LogP contribution in [0.1, 0.15) is 37.1 Å². The zero-order valence-electron chi connectivity index (χ0n) is 13.7. The monoisotopic (exact) mass is 312 g/mol. The fourth-order valence-corrected chi connectivity index (χ4v) is 2.85. The van der Waals surface area contributed by atoms with Crippen LogP contribution in [0.3, 0.4) is 0 Å². The van der Waals surface area contributed by atoms with Crippen molar-refractivity contribution < 1.29 is 9.47 Å². The molecule has 1 aliphatic heterocycles. The molecule has 0 amide bonds. The molecule has 0 saturated carbocycles. The summed E-state index contributed by atoms with van der Waals surface area (Å²) < 4.78 is 12.4. The molecule has 0 bridgehead atoms. The van der Waals surface area contributed by atoms with Gasteiger partial charge in [-0.25, -0.2) is 0 Å². The second-order valence-corrected chi connectivity index (χ2v) is 6.10. The Balaban J connectivity index is 1.90. The molecule has 1 saturated heterocycles. The van der Waals surface area contributed by atoms with Gasteiger partial charge in [-0.05, 0) is 23.6 Å². The van der Waals surface area contributed by atoms with Crippen LogP contribution in [-0.4, -0.2) is 30.8 Å². The van der Waals surface area contributed by atoms with Crippen LogP contribution in [0.25, 0.3) is 0 Å². The van der Waals surface area contributed by atoms with E-state index in [1.807, 2.05) is 36.5 Å². The molecule has 1 aliphatic rings. The lowest BCUT2D eigenvalue weighted by atomic mass is 10.0. The number of nitrogens with one attached hydrogen (secondary N) is 1. The van der Waals surface area contributed by atoms with E-state index < -0.39 is 0 Å². The molecule has 1 aromatic heterocycles. The molecule has 23 heavy (non-hydrogen) atoms. The topological polar surface area (TPSA) is 43.4 Å². The number of rotatable bonds is 5. The number of benzene rings is 1. The van der Waals surface area contributed by atoms with Crippen molar-refractivity contribution in [3.8, 4) is 5.75 Å². The van der Waals surface area contributed by atoms with Crippen LogP contribution in [0.4, 0.5) is 0 Å². The van der Waals surface area contributed by atoms with Gasteiger partial charge in [0.25, 0.3) is 0 Å². The Morgan fingerprint density at radius 2 is 2.00 bits per heavy atom. The van der Waals surface area contributed by atoms with Crippen molar-refractivity contribution in [1.29, 1.82) is 0 Å². The number of aromatic nitrogens is 1. The summed E-state index contributed by atoms with van der Waals surface area (Å²) in [7, 11) is 0. The number of hydrogen-bond donors (Lipinski definition) is 1. The lowest BCUT2D eigenvalue weighted by Crippen LogP contribution is -2.43. The van der Waals surface area contributed by atoms with Gasteiger partial charge in [-0.3, -0.25) is 4.98 Å². The van der Waals surface area contributed by atoms with Gasteiger partial charge in [0.2, 0.25) is 0 Å². The number of morpholine rings is 1. The molecule has 2 aromatic rings. The molecule has 1 aromatic carbocycles. The second-order valence-electron chi connectivity index (χ2n) is 6.10. The summed E-state index contributed by atoms with van der Waals surface area (Å²) in [6.45, 7) is 6.65. The molecular weight excluding hydrogens is 288 g/mol. The van der Waals surface area contributed by atoms with E-state index in [0.29, 0.717) is 12.5 Å². The van der Waals surface area contributed by atoms with Gasteiger partial charge in [0, 0.05) is 19.3 Å². The highest BCUT2D eigenvalue weighted by Gasteiger charge is 2.28. The molecule has 0 aliphatic carbocycles. The van der Waals surface area contributed by atoms with Gasteiger partial charge in [-0.1, -0.05) is 44.2 Å². The molecule has 2 heterocycles. The van der Waals surface area contributed by atoms with Crippen LogP contribution in [0, 0.1) is 0 Å². The maximum absolute atomic E-state index is 6.40. The van der Waals surface area contributed by atoms with E-state index >= 15 is 0 Å². The Bertz CT molecular complexity index is 610. The SMILES string of the molecule is CC(C)c1ncccc1O[C@@H](c1ccccc1)[C@@H]1CNCCO1. The fraction of sp³-hybridized carbons (Fsp3) is 0.421. The van der Waals surface area contributed by atoms with Gasteiger partial charge in [-0.2, -0.15) is 0 Å². The van der Waals surface area contributed by atoms with Crippen LogP contribution in [0.5, 0.6) is 5.75 Å². The molecule has 2 atom stereocenters. The number of hydrogen-bond acceptors (Lipinski definition) is 4. The molecule has 3 rings (SSSR count). The van der Waals surface area contributed by atoms with Crippen molar-refractivity contribution >= 4 is 0 Å². The van der Waals surface area contributed by atoms with Crippen molar-refractivity contribution in [2.24, 2.45) is 0 Å². The highest BCUT2D eigenvalue weighted by molar-refractivity contribution is 5.31. The lowest BCUT2D eigenvalue weighted by molar-refractivity contribution is -0.0436. The van der Waals surface area contributed by atoms with E-state index in [1.54, 1.807) is 0 Å². The second kappa shape index (κ2) is 7.57. The summed E-state index contributed by atoms with van der Waals surface area (Å²) in [5, 5.41) is 3.39. The highest BCUT2D eigenvalue weighted by Crippen LogP contribution is 2.31. The molecule has 0 unspecified atom stereocenters. The Morgan fingerprint density at radius 3 is 2.70 bits per heavy atom. The van der Waals surface area contributed by atoms with Gasteiger partial charge in [0.05, 0.1) is 12.3 Å². The third kappa shape index (κ3) is 3.89. The third-order valence-electron chi connectivity index (χ3n) is 4.02. The van der Waals surface area contributed by atoms with Crippen LogP contribution in [0.15, 0.2) is 48.7 Å². The standard InChI is InChI=1S/C19H24N2O2/c1-14(2)18-16(9-6-10-21-18)23-19(15-7-4-3-5-8-15)17-13-20-11-12-22-17/h3-10,14,17,19-20H,11-13H2,1-2H3/t17-,19-/m0/s1. The van der Waals surface area contributed by atoms with Gasteiger partial charge in [-0.15, -0.1) is 0 Å². The molecule has 122 valence electrons. The highest BCUT2D eigenvalue weighted by atomic mass is 16.5. The van der Waals surface area contributed by atoms with Gasteiger partial charge in [0.15, 0.2) is 6.10 Å². The van der Waals surface area contributed by atoms with Gasteiger partial charge < -0.3 is 14.8 Å². The number of ether oxygens (including phenoxy) is 2. The Kier molecular flexibility index (Phi) is 5.26. The smallest absolute Gasteiger partial charge is 0.151 e. The average Bonchev–Trinajstić information content (AvgIpc) is 2.61. The molecule has 4 heteroatoms. The van der Waals surface area contributed by atoms with Crippen molar-refractivity contribution in [1.82, 2.24) is 10.3 Å². The molecule has 4 nitrogen and oxygen atoms in total. The largest absolute Gasteiger partial charge is 0.481 e. The van der Waals surface area contributed by atoms with E-state index in [1.165, 1.54) is 0 Å². The summed E-state index contributed by atoms with van der Waals surface area (Å²) in [5.74, 6) is 1.15. The Hall–Kier alpha value is -1.91. The first-order valence-electron chi connectivity index (χ1n) is 8.24. The number of nitrogens with zero attached hydrogens (tertiary/aromatic N) is 1. The summed E-state index contributed by atoms with van der Waals surface area (Å²) in [6, 6.07) is 14.2. The minimum atomic E-state index is -0.148. The predicted octanol–water partition coefficient (Wildman–Crippen LogP) is 3.31. The van der Waals surface area contributed by atoms with Crippen molar-refractivity contribution in [2.75, 3.05) is 19.7 Å². The Morgan fingerprint density at radius 1 is 1.17 bits per heavy atom. The fourth-order valence-electron chi connectivity index (χ4n) is 2.85. The first-order valence-corrected chi connectivity index (χ1v) is 8.24. The van der Waals surface area contributed by atoms with E-state index in [2.05, 4.69) is 36.3 Å². The molecular formula is C19H24N2O2. The predicted molar refractivity (Wildman–Crippen MR) is 90.7 cm³/mol. The Labute approximate surface area is 137 Å². The van der Waals surface area contributed by atoms with E-state index in [-0.39, 0.29) is 12.2 Å². The first-order chi connectivity index (χ1) is 11.3. The summed E-state index contributed by atoms with van der Waals surface area (Å²) in [4.78, 5) is 4.49. The summed E-state index contributed by atoms with van der Waals surface area (Å²) in [5.41, 5.74) is 2.11. The molecule has 0 spiro atoms. The quantitative estimate of drug-likeness (QED) is 0.920. The normalized spacial score (nSPS) is 19.5. The first kappa shape index (κ1) is 16.0. The zero-order chi connectivity index (χ0) is 16.1. The van der Waals surface area contributed by atoms with Crippen molar-refractivity contribution in [3.63, 3.8) is 0 Å². The minimum Gasteiger partial charge on any atom is -0.481 e. The third-order valence-corrected chi connectivity index (χ3v) is 4.02. The lowest BCUT2D eigenvalue weighted by Gasteiger charge is -2.32. The molecule has 1 fully saturated rings. The van der Waals surface area contributed by atoms with E-state index in [9.17, 15) is 0 Å². The number of pyridine rings is 1. The summed E-state index contributed by atoms with van der Waals surface area (Å²) >= 11 is 0. The molecule has 1 N–H and O–H groups in total. The van der Waals surface area contributed by atoms with E-state index in [0.717, 1.165) is 30.1 Å². The van der Waals surface area contributed by atoms with Crippen molar-refractivity contribution in [2.45, 2.75) is 32.0 Å².